The molecule has 2 saturated heterocycles. The number of likely N-dealkylation sites (tertiary alicyclic amines) is 1. The molecule has 7 nitrogen and oxygen atoms in total. The van der Waals surface area contributed by atoms with E-state index in [2.05, 4.69) is 60.3 Å². The van der Waals surface area contributed by atoms with Gasteiger partial charge in [0.2, 0.25) is 0 Å². The Labute approximate surface area is 347 Å². The van der Waals surface area contributed by atoms with Gasteiger partial charge >= 0.3 is 11.9 Å². The van der Waals surface area contributed by atoms with E-state index in [0.717, 1.165) is 77.4 Å². The number of unbranched alkanes of at least 4 members (excludes halogenated alkanes) is 12. The number of piperidine rings is 1. The molecule has 0 radical (unpaired) electrons. The third-order valence-electron chi connectivity index (χ3n) is 12.7. The standard InChI is InChI=1S/C49H93NO6/c1-40(2)28-30-44(42(5)6)37-53-47(51)26-20-15-11-9-13-17-22-32-49(55-39-46(56-49)36-50-34-24-19-25-35-50)33-23-18-14-10-12-16-21-27-48(52)54-38-45(43(7)8)31-29-41(3)4/h40-46H,9-39H2,1-8H3. The molecule has 56 heavy (non-hydrogen) atoms. The van der Waals surface area contributed by atoms with E-state index in [9.17, 15) is 9.59 Å². The summed E-state index contributed by atoms with van der Waals surface area (Å²) in [6.45, 7) is 23.3. The molecular formula is C49H93NO6. The van der Waals surface area contributed by atoms with E-state index in [0.29, 0.717) is 61.6 Å². The van der Waals surface area contributed by atoms with Crippen LogP contribution in [0.4, 0.5) is 0 Å². The molecular weight excluding hydrogens is 699 g/mol. The predicted octanol–water partition coefficient (Wildman–Crippen LogP) is 13.1. The molecule has 330 valence electrons. The van der Waals surface area contributed by atoms with Gasteiger partial charge in [0.25, 0.3) is 0 Å². The highest BCUT2D eigenvalue weighted by atomic mass is 16.7. The molecule has 2 fully saturated rings. The van der Waals surface area contributed by atoms with Gasteiger partial charge in [-0.3, -0.25) is 9.59 Å². The topological polar surface area (TPSA) is 74.3 Å². The summed E-state index contributed by atoms with van der Waals surface area (Å²) in [5.74, 6) is 2.99. The van der Waals surface area contributed by atoms with Crippen molar-refractivity contribution in [3.63, 3.8) is 0 Å². The molecule has 7 heteroatoms. The largest absolute Gasteiger partial charge is 0.465 e. The van der Waals surface area contributed by atoms with E-state index >= 15 is 0 Å². The molecule has 2 heterocycles. The minimum absolute atomic E-state index is 0.0161. The fourth-order valence-electron chi connectivity index (χ4n) is 8.48. The lowest BCUT2D eigenvalue weighted by molar-refractivity contribution is -0.181. The molecule has 0 saturated carbocycles. The van der Waals surface area contributed by atoms with E-state index < -0.39 is 5.79 Å². The molecule has 0 aromatic carbocycles. The van der Waals surface area contributed by atoms with E-state index in [4.69, 9.17) is 18.9 Å². The molecule has 0 aromatic rings. The van der Waals surface area contributed by atoms with Gasteiger partial charge in [-0.2, -0.15) is 0 Å². The van der Waals surface area contributed by atoms with Crippen molar-refractivity contribution in [3.05, 3.63) is 0 Å². The van der Waals surface area contributed by atoms with Gasteiger partial charge in [-0.25, -0.2) is 0 Å². The molecule has 0 aromatic heterocycles. The molecule has 2 aliphatic heterocycles. The zero-order valence-electron chi connectivity index (χ0n) is 38.4. The Balaban J connectivity index is 1.60. The van der Waals surface area contributed by atoms with E-state index in [1.165, 1.54) is 96.6 Å². The summed E-state index contributed by atoms with van der Waals surface area (Å²) in [6.07, 6.45) is 28.0. The van der Waals surface area contributed by atoms with Crippen LogP contribution in [0.15, 0.2) is 0 Å². The lowest BCUT2D eigenvalue weighted by Crippen LogP contribution is -2.39. The van der Waals surface area contributed by atoms with Gasteiger partial charge in [-0.05, 0) is 100.0 Å². The molecule has 0 amide bonds. The summed E-state index contributed by atoms with van der Waals surface area (Å²) in [5, 5.41) is 0. The third kappa shape index (κ3) is 24.7. The Morgan fingerprint density at radius 3 is 1.39 bits per heavy atom. The number of nitrogens with zero attached hydrogens (tertiary/aromatic N) is 1. The highest BCUT2D eigenvalue weighted by Gasteiger charge is 2.41. The number of hydrogen-bond donors (Lipinski definition) is 0. The Morgan fingerprint density at radius 2 is 0.982 bits per heavy atom. The van der Waals surface area contributed by atoms with Crippen LogP contribution in [0.2, 0.25) is 0 Å². The minimum Gasteiger partial charge on any atom is -0.465 e. The highest BCUT2D eigenvalue weighted by Crippen LogP contribution is 2.35. The van der Waals surface area contributed by atoms with Crippen molar-refractivity contribution < 1.29 is 28.5 Å². The van der Waals surface area contributed by atoms with Crippen LogP contribution in [0.25, 0.3) is 0 Å². The first kappa shape index (κ1) is 51.0. The molecule has 3 atom stereocenters. The maximum Gasteiger partial charge on any atom is 0.305 e. The van der Waals surface area contributed by atoms with Crippen molar-refractivity contribution in [2.24, 2.45) is 35.5 Å². The van der Waals surface area contributed by atoms with Crippen molar-refractivity contribution in [2.45, 2.75) is 228 Å². The van der Waals surface area contributed by atoms with Gasteiger partial charge in [0.15, 0.2) is 5.79 Å². The predicted molar refractivity (Wildman–Crippen MR) is 234 cm³/mol. The first-order valence-electron chi connectivity index (χ1n) is 24.2. The van der Waals surface area contributed by atoms with Crippen molar-refractivity contribution in [1.29, 1.82) is 0 Å². The Hall–Kier alpha value is -1.18. The number of carbonyl (C=O) groups is 2. The Bertz CT molecular complexity index is 918. The average molecular weight is 792 g/mol. The van der Waals surface area contributed by atoms with Gasteiger partial charge in [-0.15, -0.1) is 0 Å². The molecule has 0 aliphatic carbocycles. The van der Waals surface area contributed by atoms with Crippen LogP contribution < -0.4 is 0 Å². The summed E-state index contributed by atoms with van der Waals surface area (Å²) in [4.78, 5) is 27.3. The number of rotatable bonds is 34. The normalized spacial score (nSPS) is 20.4. The van der Waals surface area contributed by atoms with Crippen LogP contribution in [0.3, 0.4) is 0 Å². The maximum absolute atomic E-state index is 12.4. The molecule has 2 rings (SSSR count). The average Bonchev–Trinajstić information content (AvgIpc) is 3.55. The van der Waals surface area contributed by atoms with Crippen molar-refractivity contribution in [1.82, 2.24) is 4.90 Å². The van der Waals surface area contributed by atoms with E-state index in [1.807, 2.05) is 0 Å². The minimum atomic E-state index is -0.409. The highest BCUT2D eigenvalue weighted by molar-refractivity contribution is 5.69. The fraction of sp³-hybridized carbons (Fsp3) is 0.959. The smallest absolute Gasteiger partial charge is 0.305 e. The number of carbonyl (C=O) groups excluding carboxylic acids is 2. The summed E-state index contributed by atoms with van der Waals surface area (Å²) >= 11 is 0. The number of ether oxygens (including phenoxy) is 4. The summed E-state index contributed by atoms with van der Waals surface area (Å²) in [6, 6.07) is 0. The van der Waals surface area contributed by atoms with Gasteiger partial charge in [0.1, 0.15) is 0 Å². The fourth-order valence-corrected chi connectivity index (χ4v) is 8.48. The second-order valence-electron chi connectivity index (χ2n) is 19.6. The first-order valence-corrected chi connectivity index (χ1v) is 24.2. The van der Waals surface area contributed by atoms with E-state index in [1.54, 1.807) is 0 Å². The SMILES string of the molecule is CC(C)CCC(COC(=O)CCCCCCCCCC1(CCCCCCCCCC(=O)OCC(CCC(C)C)C(C)C)OCC(CN2CCCCC2)O1)C(C)C. The van der Waals surface area contributed by atoms with Gasteiger partial charge in [0.05, 0.1) is 25.9 Å². The summed E-state index contributed by atoms with van der Waals surface area (Å²) in [5.41, 5.74) is 0. The third-order valence-corrected chi connectivity index (χ3v) is 12.7. The number of esters is 2. The van der Waals surface area contributed by atoms with Crippen LogP contribution in [-0.4, -0.2) is 68.2 Å². The first-order chi connectivity index (χ1) is 26.9. The summed E-state index contributed by atoms with van der Waals surface area (Å²) < 4.78 is 24.7. The zero-order chi connectivity index (χ0) is 41.0. The van der Waals surface area contributed by atoms with Crippen LogP contribution in [0, 0.1) is 35.5 Å². The second kappa shape index (κ2) is 30.8. The lowest BCUT2D eigenvalue weighted by atomic mass is 9.89. The second-order valence-corrected chi connectivity index (χ2v) is 19.6. The molecule has 0 bridgehead atoms. The van der Waals surface area contributed by atoms with Crippen LogP contribution >= 0.6 is 0 Å². The van der Waals surface area contributed by atoms with Gasteiger partial charge in [-0.1, -0.05) is 139 Å². The lowest BCUT2D eigenvalue weighted by Gasteiger charge is -2.31. The van der Waals surface area contributed by atoms with Crippen molar-refractivity contribution in [2.75, 3.05) is 39.5 Å². The van der Waals surface area contributed by atoms with Gasteiger partial charge < -0.3 is 23.8 Å². The molecule has 2 aliphatic rings. The molecule has 0 N–H and O–H groups in total. The van der Waals surface area contributed by atoms with E-state index in [-0.39, 0.29) is 18.0 Å². The van der Waals surface area contributed by atoms with Crippen LogP contribution in [0.5, 0.6) is 0 Å². The molecule has 3 unspecified atom stereocenters. The van der Waals surface area contributed by atoms with Crippen LogP contribution in [-0.2, 0) is 28.5 Å². The zero-order valence-corrected chi connectivity index (χ0v) is 38.4. The molecule has 0 spiro atoms. The van der Waals surface area contributed by atoms with Crippen LogP contribution in [0.1, 0.15) is 216 Å². The summed E-state index contributed by atoms with van der Waals surface area (Å²) in [7, 11) is 0. The Kier molecular flexibility index (Phi) is 28.0. The number of hydrogen-bond acceptors (Lipinski definition) is 7. The van der Waals surface area contributed by atoms with Crippen molar-refractivity contribution >= 4 is 11.9 Å². The van der Waals surface area contributed by atoms with Gasteiger partial charge in [0, 0.05) is 32.2 Å². The quantitative estimate of drug-likeness (QED) is 0.0474. The monoisotopic (exact) mass is 792 g/mol. The van der Waals surface area contributed by atoms with Crippen molar-refractivity contribution in [3.8, 4) is 0 Å². The maximum atomic E-state index is 12.4. The Morgan fingerprint density at radius 1 is 0.571 bits per heavy atom.